The van der Waals surface area contributed by atoms with Gasteiger partial charge in [-0.25, -0.2) is 4.98 Å². The fourth-order valence-corrected chi connectivity index (χ4v) is 1.98. The van der Waals surface area contributed by atoms with Crippen LogP contribution in [0.15, 0.2) is 22.8 Å². The molecule has 1 aromatic rings. The molecule has 0 aromatic carbocycles. The van der Waals surface area contributed by atoms with Crippen LogP contribution in [0.4, 0.5) is 0 Å². The number of likely N-dealkylation sites (tertiary alicyclic amines) is 1. The average Bonchev–Trinajstić information content (AvgIpc) is 2.57. The summed E-state index contributed by atoms with van der Waals surface area (Å²) in [5, 5.41) is 2.50. The number of carbonyl (C=O) groups is 3. The minimum Gasteiger partial charge on any atom is -0.338 e. The highest BCUT2D eigenvalue weighted by atomic mass is 79.9. The lowest BCUT2D eigenvalue weighted by Crippen LogP contribution is -2.40. The van der Waals surface area contributed by atoms with Crippen LogP contribution in [0.1, 0.15) is 16.9 Å². The van der Waals surface area contributed by atoms with Gasteiger partial charge in [0, 0.05) is 7.05 Å². The first-order valence-corrected chi connectivity index (χ1v) is 6.02. The summed E-state index contributed by atoms with van der Waals surface area (Å²) >= 11 is 3.15. The number of halogens is 1. The van der Waals surface area contributed by atoms with Gasteiger partial charge in [-0.05, 0) is 28.1 Å². The van der Waals surface area contributed by atoms with Gasteiger partial charge >= 0.3 is 0 Å². The molecule has 18 heavy (non-hydrogen) atoms. The predicted octanol–water partition coefficient (Wildman–Crippen LogP) is 0.331. The van der Waals surface area contributed by atoms with Gasteiger partial charge in [-0.1, -0.05) is 6.07 Å². The van der Waals surface area contributed by atoms with Crippen molar-refractivity contribution in [3.05, 3.63) is 28.5 Å². The van der Waals surface area contributed by atoms with E-state index in [0.717, 1.165) is 4.90 Å². The minimum absolute atomic E-state index is 0.00488. The van der Waals surface area contributed by atoms with E-state index < -0.39 is 17.9 Å². The summed E-state index contributed by atoms with van der Waals surface area (Å²) in [5.74, 6) is -1.17. The van der Waals surface area contributed by atoms with Gasteiger partial charge in [0.1, 0.15) is 16.3 Å². The molecule has 1 saturated heterocycles. The van der Waals surface area contributed by atoms with Crippen LogP contribution in [-0.4, -0.2) is 40.7 Å². The summed E-state index contributed by atoms with van der Waals surface area (Å²) in [6.45, 7) is 0. The van der Waals surface area contributed by atoms with Crippen LogP contribution < -0.4 is 5.32 Å². The third-order valence-electron chi connectivity index (χ3n) is 2.63. The molecule has 1 fully saturated rings. The van der Waals surface area contributed by atoms with Crippen molar-refractivity contribution in [1.82, 2.24) is 15.2 Å². The largest absolute Gasteiger partial charge is 0.338 e. The summed E-state index contributed by atoms with van der Waals surface area (Å²) in [7, 11) is 1.40. The number of pyridine rings is 1. The first kappa shape index (κ1) is 12.7. The Labute approximate surface area is 111 Å². The maximum Gasteiger partial charge on any atom is 0.270 e. The van der Waals surface area contributed by atoms with Crippen molar-refractivity contribution in [1.29, 1.82) is 0 Å². The lowest BCUT2D eigenvalue weighted by molar-refractivity contribution is -0.137. The van der Waals surface area contributed by atoms with Gasteiger partial charge in [0.2, 0.25) is 5.91 Å². The Morgan fingerprint density at radius 2 is 2.22 bits per heavy atom. The van der Waals surface area contributed by atoms with E-state index in [1.54, 1.807) is 12.1 Å². The number of aromatic nitrogens is 1. The maximum absolute atomic E-state index is 11.8. The third-order valence-corrected chi connectivity index (χ3v) is 3.08. The normalized spacial score (nSPS) is 19.2. The molecule has 94 valence electrons. The summed E-state index contributed by atoms with van der Waals surface area (Å²) in [6, 6.07) is 4.09. The molecular formula is C11H10BrN3O3. The van der Waals surface area contributed by atoms with E-state index >= 15 is 0 Å². The molecule has 1 atom stereocenters. The molecule has 0 radical (unpaired) electrons. The predicted molar refractivity (Wildman–Crippen MR) is 65.6 cm³/mol. The van der Waals surface area contributed by atoms with Crippen LogP contribution in [-0.2, 0) is 9.59 Å². The van der Waals surface area contributed by atoms with Crippen LogP contribution in [0.2, 0.25) is 0 Å². The first-order chi connectivity index (χ1) is 8.49. The Kier molecular flexibility index (Phi) is 3.42. The van der Waals surface area contributed by atoms with Crippen LogP contribution in [0.5, 0.6) is 0 Å². The van der Waals surface area contributed by atoms with Crippen LogP contribution in [0.25, 0.3) is 0 Å². The summed E-state index contributed by atoms with van der Waals surface area (Å²) in [6.07, 6.45) is -0.00488. The standard InChI is InChI=1S/C11H10BrN3O3/c1-15-9(16)5-7(11(15)18)14-10(17)6-3-2-4-8(12)13-6/h2-4,7H,5H2,1H3,(H,14,17). The van der Waals surface area contributed by atoms with Gasteiger partial charge in [-0.3, -0.25) is 19.3 Å². The number of rotatable bonds is 2. The van der Waals surface area contributed by atoms with Crippen LogP contribution in [0.3, 0.4) is 0 Å². The number of nitrogens with one attached hydrogen (secondary N) is 1. The lowest BCUT2D eigenvalue weighted by atomic mass is 10.2. The third kappa shape index (κ3) is 2.40. The number of carbonyl (C=O) groups excluding carboxylic acids is 3. The SMILES string of the molecule is CN1C(=O)CC(NC(=O)c2cccc(Br)n2)C1=O. The van der Waals surface area contributed by atoms with E-state index in [1.807, 2.05) is 0 Å². The second-order valence-electron chi connectivity index (χ2n) is 3.87. The highest BCUT2D eigenvalue weighted by Gasteiger charge is 2.37. The lowest BCUT2D eigenvalue weighted by Gasteiger charge is -2.10. The monoisotopic (exact) mass is 311 g/mol. The molecule has 1 aliphatic heterocycles. The van der Waals surface area contributed by atoms with Crippen molar-refractivity contribution >= 4 is 33.7 Å². The first-order valence-electron chi connectivity index (χ1n) is 5.23. The second kappa shape index (κ2) is 4.85. The Hall–Kier alpha value is -1.76. The molecule has 1 aromatic heterocycles. The Bertz CT molecular complexity index is 532. The molecule has 0 aliphatic carbocycles. The van der Waals surface area contributed by atoms with Gasteiger partial charge in [-0.2, -0.15) is 0 Å². The zero-order valence-corrected chi connectivity index (χ0v) is 11.1. The molecule has 0 spiro atoms. The molecule has 2 rings (SSSR count). The van der Waals surface area contributed by atoms with Gasteiger partial charge in [0.15, 0.2) is 0 Å². The Morgan fingerprint density at radius 1 is 1.50 bits per heavy atom. The highest BCUT2D eigenvalue weighted by molar-refractivity contribution is 9.10. The zero-order valence-electron chi connectivity index (χ0n) is 9.51. The van der Waals surface area contributed by atoms with E-state index in [-0.39, 0.29) is 18.0 Å². The van der Waals surface area contributed by atoms with E-state index in [0.29, 0.717) is 4.60 Å². The summed E-state index contributed by atoms with van der Waals surface area (Å²) in [4.78, 5) is 39.7. The molecule has 2 heterocycles. The molecule has 0 bridgehead atoms. The topological polar surface area (TPSA) is 79.4 Å². The minimum atomic E-state index is -0.796. The van der Waals surface area contributed by atoms with E-state index in [2.05, 4.69) is 26.2 Å². The smallest absolute Gasteiger partial charge is 0.270 e. The average molecular weight is 312 g/mol. The summed E-state index contributed by atoms with van der Waals surface area (Å²) in [5.41, 5.74) is 0.194. The van der Waals surface area contributed by atoms with E-state index in [1.165, 1.54) is 13.1 Å². The zero-order chi connectivity index (χ0) is 13.3. The molecule has 6 nitrogen and oxygen atoms in total. The number of likely N-dealkylation sites (N-methyl/N-ethyl adjacent to an activating group) is 1. The molecule has 3 amide bonds. The quantitative estimate of drug-likeness (QED) is 0.630. The van der Waals surface area contributed by atoms with Gasteiger partial charge in [-0.15, -0.1) is 0 Å². The van der Waals surface area contributed by atoms with Gasteiger partial charge in [0.25, 0.3) is 11.8 Å². The second-order valence-corrected chi connectivity index (χ2v) is 4.68. The van der Waals surface area contributed by atoms with Crippen molar-refractivity contribution in [2.24, 2.45) is 0 Å². The molecular weight excluding hydrogens is 302 g/mol. The fraction of sp³-hybridized carbons (Fsp3) is 0.273. The molecule has 0 saturated carbocycles. The van der Waals surface area contributed by atoms with Crippen molar-refractivity contribution in [2.75, 3.05) is 7.05 Å². The number of nitrogens with zero attached hydrogens (tertiary/aromatic N) is 2. The number of hydrogen-bond donors (Lipinski definition) is 1. The van der Waals surface area contributed by atoms with E-state index in [9.17, 15) is 14.4 Å². The molecule has 1 unspecified atom stereocenters. The summed E-state index contributed by atoms with van der Waals surface area (Å²) < 4.78 is 0.529. The molecule has 1 N–H and O–H groups in total. The number of imide groups is 1. The van der Waals surface area contributed by atoms with Crippen LogP contribution >= 0.6 is 15.9 Å². The number of amides is 3. The maximum atomic E-state index is 11.8. The van der Waals surface area contributed by atoms with Crippen molar-refractivity contribution in [2.45, 2.75) is 12.5 Å². The van der Waals surface area contributed by atoms with Crippen molar-refractivity contribution in [3.63, 3.8) is 0 Å². The molecule has 1 aliphatic rings. The Balaban J connectivity index is 2.09. The fourth-order valence-electron chi connectivity index (χ4n) is 1.64. The highest BCUT2D eigenvalue weighted by Crippen LogP contribution is 2.12. The van der Waals surface area contributed by atoms with Gasteiger partial charge in [0.05, 0.1) is 6.42 Å². The van der Waals surface area contributed by atoms with Crippen LogP contribution in [0, 0.1) is 0 Å². The number of hydrogen-bond acceptors (Lipinski definition) is 4. The Morgan fingerprint density at radius 3 is 2.78 bits per heavy atom. The van der Waals surface area contributed by atoms with Crippen molar-refractivity contribution < 1.29 is 14.4 Å². The van der Waals surface area contributed by atoms with E-state index in [4.69, 9.17) is 0 Å². The van der Waals surface area contributed by atoms with Crippen molar-refractivity contribution in [3.8, 4) is 0 Å². The van der Waals surface area contributed by atoms with Gasteiger partial charge < -0.3 is 5.32 Å². The molecule has 7 heteroatoms.